The van der Waals surface area contributed by atoms with E-state index < -0.39 is 0 Å². The van der Waals surface area contributed by atoms with Gasteiger partial charge in [0.2, 0.25) is 5.82 Å². The summed E-state index contributed by atoms with van der Waals surface area (Å²) in [4.78, 5) is 8.12. The molecule has 2 nitrogen and oxygen atoms in total. The molecule has 11 heavy (non-hydrogen) atoms. The van der Waals surface area contributed by atoms with Crippen molar-refractivity contribution in [2.75, 3.05) is 0 Å². The number of rotatable bonds is 0. The highest BCUT2D eigenvalue weighted by atomic mass is 79.9. The Morgan fingerprint density at radius 1 is 1.27 bits per heavy atom. The Labute approximate surface area is 74.2 Å². The van der Waals surface area contributed by atoms with Gasteiger partial charge in [-0.05, 0) is 35.7 Å². The van der Waals surface area contributed by atoms with E-state index in [9.17, 15) is 0 Å². The number of hydrogen-bond acceptors (Lipinski definition) is 2. The van der Waals surface area contributed by atoms with Crippen molar-refractivity contribution in [1.29, 1.82) is 0 Å². The summed E-state index contributed by atoms with van der Waals surface area (Å²) in [5, 5.41) is 0. The minimum absolute atomic E-state index is 0.447. The van der Waals surface area contributed by atoms with Gasteiger partial charge in [-0.15, -0.1) is 6.42 Å². The van der Waals surface area contributed by atoms with Crippen molar-refractivity contribution in [3.63, 3.8) is 0 Å². The quantitative estimate of drug-likeness (QED) is 0.612. The van der Waals surface area contributed by atoms with Crippen LogP contribution in [0, 0.1) is 26.2 Å². The van der Waals surface area contributed by atoms with Gasteiger partial charge < -0.3 is 0 Å². The van der Waals surface area contributed by atoms with Crippen LogP contribution in [0.5, 0.6) is 0 Å². The zero-order chi connectivity index (χ0) is 8.43. The zero-order valence-electron chi connectivity index (χ0n) is 6.35. The molecule has 0 saturated heterocycles. The van der Waals surface area contributed by atoms with Crippen LogP contribution in [0.4, 0.5) is 0 Å². The Morgan fingerprint density at radius 3 is 2.09 bits per heavy atom. The molecule has 1 aromatic rings. The van der Waals surface area contributed by atoms with Gasteiger partial charge in [0.25, 0.3) is 0 Å². The Morgan fingerprint density at radius 2 is 1.73 bits per heavy atom. The summed E-state index contributed by atoms with van der Waals surface area (Å²) < 4.78 is 0.927. The van der Waals surface area contributed by atoms with Gasteiger partial charge in [-0.25, -0.2) is 9.97 Å². The summed E-state index contributed by atoms with van der Waals surface area (Å²) in [6, 6.07) is 0. The second kappa shape index (κ2) is 3.02. The average molecular weight is 211 g/mol. The van der Waals surface area contributed by atoms with E-state index in [4.69, 9.17) is 6.42 Å². The molecule has 0 N–H and O–H groups in total. The van der Waals surface area contributed by atoms with E-state index in [-0.39, 0.29) is 0 Å². The number of terminal acetylenes is 1. The van der Waals surface area contributed by atoms with Crippen LogP contribution in [-0.4, -0.2) is 9.97 Å². The average Bonchev–Trinajstić information content (AvgIpc) is 1.99. The molecule has 0 aromatic carbocycles. The molecule has 3 heteroatoms. The predicted molar refractivity (Wildman–Crippen MR) is 47.1 cm³/mol. The van der Waals surface area contributed by atoms with Crippen LogP contribution >= 0.6 is 15.9 Å². The summed E-state index contributed by atoms with van der Waals surface area (Å²) in [7, 11) is 0. The van der Waals surface area contributed by atoms with Gasteiger partial charge in [0, 0.05) is 0 Å². The van der Waals surface area contributed by atoms with Crippen molar-refractivity contribution in [3.8, 4) is 12.3 Å². The minimum Gasteiger partial charge on any atom is -0.225 e. The van der Waals surface area contributed by atoms with E-state index in [1.54, 1.807) is 0 Å². The molecule has 0 saturated carbocycles. The first-order chi connectivity index (χ1) is 5.15. The molecule has 0 fully saturated rings. The summed E-state index contributed by atoms with van der Waals surface area (Å²) in [6.07, 6.45) is 5.15. The summed E-state index contributed by atoms with van der Waals surface area (Å²) >= 11 is 3.35. The number of aryl methyl sites for hydroxylation is 2. The summed E-state index contributed by atoms with van der Waals surface area (Å²) in [5.41, 5.74) is 1.76. The van der Waals surface area contributed by atoms with E-state index in [0.717, 1.165) is 15.9 Å². The normalized spacial score (nSPS) is 9.27. The van der Waals surface area contributed by atoms with E-state index in [1.807, 2.05) is 13.8 Å². The lowest BCUT2D eigenvalue weighted by molar-refractivity contribution is 1.01. The molecule has 0 amide bonds. The Kier molecular flexibility index (Phi) is 2.25. The first-order valence-electron chi connectivity index (χ1n) is 3.12. The highest BCUT2D eigenvalue weighted by Gasteiger charge is 2.02. The number of halogens is 1. The molecule has 0 aliphatic rings. The lowest BCUT2D eigenvalue weighted by atomic mass is 10.3. The second-order valence-electron chi connectivity index (χ2n) is 2.18. The fourth-order valence-electron chi connectivity index (χ4n) is 0.767. The predicted octanol–water partition coefficient (Wildman–Crippen LogP) is 1.84. The SMILES string of the molecule is C#Cc1nc(C)c(Br)c(C)n1. The van der Waals surface area contributed by atoms with Crippen molar-refractivity contribution in [3.05, 3.63) is 21.7 Å². The van der Waals surface area contributed by atoms with Crippen LogP contribution in [-0.2, 0) is 0 Å². The maximum Gasteiger partial charge on any atom is 0.205 e. The molecular weight excluding hydrogens is 204 g/mol. The molecule has 0 bridgehead atoms. The Hall–Kier alpha value is -0.880. The Balaban J connectivity index is 3.35. The van der Waals surface area contributed by atoms with Crippen molar-refractivity contribution >= 4 is 15.9 Å². The molecular formula is C8H7BrN2. The third kappa shape index (κ3) is 1.58. The fourth-order valence-corrected chi connectivity index (χ4v) is 0.945. The standard InChI is InChI=1S/C8H7BrN2/c1-4-7-10-5(2)8(9)6(3)11-7/h1H,2-3H3. The largest absolute Gasteiger partial charge is 0.225 e. The first-order valence-corrected chi connectivity index (χ1v) is 3.92. The van der Waals surface area contributed by atoms with Crippen molar-refractivity contribution in [1.82, 2.24) is 9.97 Å². The molecule has 0 atom stereocenters. The maximum atomic E-state index is 5.15. The Bertz CT molecular complexity index is 302. The first kappa shape index (κ1) is 8.22. The minimum atomic E-state index is 0.447. The van der Waals surface area contributed by atoms with Crippen molar-refractivity contribution in [2.24, 2.45) is 0 Å². The van der Waals surface area contributed by atoms with E-state index in [0.29, 0.717) is 5.82 Å². The zero-order valence-corrected chi connectivity index (χ0v) is 7.94. The molecule has 0 spiro atoms. The molecule has 56 valence electrons. The fraction of sp³-hybridized carbons (Fsp3) is 0.250. The third-order valence-electron chi connectivity index (χ3n) is 1.31. The van der Waals surface area contributed by atoms with Gasteiger partial charge in [0.05, 0.1) is 15.9 Å². The molecule has 1 heterocycles. The van der Waals surface area contributed by atoms with Crippen LogP contribution < -0.4 is 0 Å². The molecule has 0 radical (unpaired) electrons. The van der Waals surface area contributed by atoms with Gasteiger partial charge in [-0.2, -0.15) is 0 Å². The highest BCUT2D eigenvalue weighted by Crippen LogP contribution is 2.16. The van der Waals surface area contributed by atoms with E-state index in [1.165, 1.54) is 0 Å². The van der Waals surface area contributed by atoms with Crippen molar-refractivity contribution in [2.45, 2.75) is 13.8 Å². The van der Waals surface area contributed by atoms with Crippen molar-refractivity contribution < 1.29 is 0 Å². The van der Waals surface area contributed by atoms with Crippen LogP contribution in [0.1, 0.15) is 17.2 Å². The smallest absolute Gasteiger partial charge is 0.205 e. The third-order valence-corrected chi connectivity index (χ3v) is 2.46. The molecule has 0 unspecified atom stereocenters. The number of hydrogen-bond donors (Lipinski definition) is 0. The van der Waals surface area contributed by atoms with E-state index in [2.05, 4.69) is 31.8 Å². The van der Waals surface area contributed by atoms with Crippen LogP contribution in [0.15, 0.2) is 4.47 Å². The maximum absolute atomic E-state index is 5.15. The lowest BCUT2D eigenvalue weighted by Crippen LogP contribution is -1.96. The molecule has 1 aromatic heterocycles. The van der Waals surface area contributed by atoms with Crippen LogP contribution in [0.2, 0.25) is 0 Å². The number of aromatic nitrogens is 2. The molecule has 0 aliphatic heterocycles. The topological polar surface area (TPSA) is 25.8 Å². The molecule has 1 rings (SSSR count). The van der Waals surface area contributed by atoms with E-state index >= 15 is 0 Å². The van der Waals surface area contributed by atoms with Gasteiger partial charge in [-0.1, -0.05) is 0 Å². The highest BCUT2D eigenvalue weighted by molar-refractivity contribution is 9.10. The lowest BCUT2D eigenvalue weighted by Gasteiger charge is -2.00. The van der Waals surface area contributed by atoms with Gasteiger partial charge >= 0.3 is 0 Å². The van der Waals surface area contributed by atoms with Crippen LogP contribution in [0.25, 0.3) is 0 Å². The summed E-state index contributed by atoms with van der Waals surface area (Å²) in [6.45, 7) is 3.78. The molecule has 0 aliphatic carbocycles. The van der Waals surface area contributed by atoms with Crippen LogP contribution in [0.3, 0.4) is 0 Å². The summed E-state index contributed by atoms with van der Waals surface area (Å²) in [5.74, 6) is 2.84. The monoisotopic (exact) mass is 210 g/mol. The second-order valence-corrected chi connectivity index (χ2v) is 2.97. The number of nitrogens with zero attached hydrogens (tertiary/aromatic N) is 2. The van der Waals surface area contributed by atoms with Gasteiger partial charge in [0.1, 0.15) is 0 Å². The van der Waals surface area contributed by atoms with Gasteiger partial charge in [-0.3, -0.25) is 0 Å². The van der Waals surface area contributed by atoms with Gasteiger partial charge in [0.15, 0.2) is 0 Å².